The average molecular weight is 695 g/mol. The summed E-state index contributed by atoms with van der Waals surface area (Å²) in [5.74, 6) is -0.121. The van der Waals surface area contributed by atoms with Crippen molar-refractivity contribution in [2.75, 3.05) is 20.2 Å². The molecule has 0 radical (unpaired) electrons. The summed E-state index contributed by atoms with van der Waals surface area (Å²) < 4.78 is 5.19. The van der Waals surface area contributed by atoms with E-state index in [9.17, 15) is 19.2 Å². The molecule has 1 aliphatic heterocycles. The van der Waals surface area contributed by atoms with Gasteiger partial charge in [0.25, 0.3) is 0 Å². The SMILES string of the molecule is CCCCC/C=C\C1C[C@@H]1C(=O)O.COc1ccc2c(=O)cc(-c3ccccc3)[nH]c2c1.NC(=O)C1CCCN1C(=O)CNCc1ccccc1. The van der Waals surface area contributed by atoms with Gasteiger partial charge in [-0.1, -0.05) is 92.6 Å². The number of likely N-dealkylation sites (tertiary alicyclic amines) is 1. The predicted molar refractivity (Wildman–Crippen MR) is 201 cm³/mol. The summed E-state index contributed by atoms with van der Waals surface area (Å²) in [6.45, 7) is 3.69. The first-order valence-electron chi connectivity index (χ1n) is 17.7. The number of carbonyl (C=O) groups is 3. The van der Waals surface area contributed by atoms with Crippen LogP contribution in [0.4, 0.5) is 0 Å². The average Bonchev–Trinajstić information content (AvgIpc) is 3.76. The first-order valence-corrected chi connectivity index (χ1v) is 17.7. The number of carboxylic acid groups (broad SMARTS) is 1. The number of H-pyrrole nitrogens is 1. The van der Waals surface area contributed by atoms with Crippen molar-refractivity contribution in [2.24, 2.45) is 17.6 Å². The van der Waals surface area contributed by atoms with Crippen molar-refractivity contribution in [3.63, 3.8) is 0 Å². The number of methoxy groups -OCH3 is 1. The van der Waals surface area contributed by atoms with E-state index in [0.29, 0.717) is 30.8 Å². The van der Waals surface area contributed by atoms with Crippen molar-refractivity contribution >= 4 is 28.7 Å². The minimum atomic E-state index is -0.636. The first kappa shape index (κ1) is 38.6. The van der Waals surface area contributed by atoms with Crippen LogP contribution in [-0.4, -0.2) is 59.0 Å². The minimum Gasteiger partial charge on any atom is -0.497 e. The Kier molecular flexibility index (Phi) is 15.0. The number of rotatable bonds is 13. The summed E-state index contributed by atoms with van der Waals surface area (Å²) in [7, 11) is 1.61. The zero-order chi connectivity index (χ0) is 36.6. The van der Waals surface area contributed by atoms with E-state index in [1.807, 2.05) is 66.7 Å². The highest BCUT2D eigenvalue weighted by Crippen LogP contribution is 2.39. The molecule has 3 atom stereocenters. The second-order valence-electron chi connectivity index (χ2n) is 12.8. The lowest BCUT2D eigenvalue weighted by Gasteiger charge is -2.22. The number of nitrogens with one attached hydrogen (secondary N) is 2. The van der Waals surface area contributed by atoms with Crippen LogP contribution in [-0.2, 0) is 20.9 Å². The van der Waals surface area contributed by atoms with Crippen LogP contribution in [0.25, 0.3) is 22.2 Å². The molecule has 270 valence electrons. The van der Waals surface area contributed by atoms with Crippen LogP contribution in [0.3, 0.4) is 0 Å². The van der Waals surface area contributed by atoms with E-state index in [1.54, 1.807) is 30.2 Å². The Labute approximate surface area is 299 Å². The molecule has 3 aromatic carbocycles. The number of ether oxygens (including phenoxy) is 1. The number of hydrogen-bond acceptors (Lipinski definition) is 6. The highest BCUT2D eigenvalue weighted by atomic mass is 16.5. The molecule has 2 amide bonds. The molecule has 1 saturated carbocycles. The molecule has 6 rings (SSSR count). The molecule has 0 bridgehead atoms. The van der Waals surface area contributed by atoms with Gasteiger partial charge in [-0.15, -0.1) is 0 Å². The Balaban J connectivity index is 0.000000175. The summed E-state index contributed by atoms with van der Waals surface area (Å²) in [5, 5.41) is 12.4. The molecule has 51 heavy (non-hydrogen) atoms. The first-order chi connectivity index (χ1) is 24.7. The molecule has 2 heterocycles. The van der Waals surface area contributed by atoms with Crippen LogP contribution >= 0.6 is 0 Å². The van der Waals surface area contributed by atoms with Crippen molar-refractivity contribution in [3.8, 4) is 17.0 Å². The second kappa shape index (κ2) is 19.8. The summed E-state index contributed by atoms with van der Waals surface area (Å²) in [6, 6.07) is 26.3. The van der Waals surface area contributed by atoms with E-state index in [4.69, 9.17) is 15.6 Å². The summed E-state index contributed by atoms with van der Waals surface area (Å²) in [5.41, 5.74) is 9.01. The molecule has 4 aromatic rings. The Morgan fingerprint density at radius 2 is 1.75 bits per heavy atom. The number of benzene rings is 3. The highest BCUT2D eigenvalue weighted by molar-refractivity contribution is 5.88. The van der Waals surface area contributed by atoms with E-state index in [1.165, 1.54) is 19.3 Å². The Hall–Kier alpha value is -5.22. The minimum absolute atomic E-state index is 0.00950. The summed E-state index contributed by atoms with van der Waals surface area (Å²) >= 11 is 0. The monoisotopic (exact) mass is 694 g/mol. The third kappa shape index (κ3) is 12.0. The fourth-order valence-corrected chi connectivity index (χ4v) is 6.00. The summed E-state index contributed by atoms with van der Waals surface area (Å²) in [6.07, 6.45) is 11.5. The van der Waals surface area contributed by atoms with Gasteiger partial charge in [0, 0.05) is 36.3 Å². The van der Waals surface area contributed by atoms with Crippen LogP contribution in [0.1, 0.15) is 57.4 Å². The van der Waals surface area contributed by atoms with E-state index in [0.717, 1.165) is 47.3 Å². The normalized spacial score (nSPS) is 17.6. The molecule has 0 spiro atoms. The topological polar surface area (TPSA) is 155 Å². The lowest BCUT2D eigenvalue weighted by molar-refractivity contribution is -0.138. The molecule has 2 aliphatic rings. The number of carboxylic acids is 1. The third-order valence-corrected chi connectivity index (χ3v) is 8.99. The zero-order valence-corrected chi connectivity index (χ0v) is 29.6. The van der Waals surface area contributed by atoms with Gasteiger partial charge in [0.05, 0.1) is 25.1 Å². The summed E-state index contributed by atoms with van der Waals surface area (Å²) in [4.78, 5) is 50.7. The van der Waals surface area contributed by atoms with Gasteiger partial charge in [-0.3, -0.25) is 19.2 Å². The number of pyridine rings is 1. The molecule has 2 fully saturated rings. The van der Waals surface area contributed by atoms with Crippen molar-refractivity contribution < 1.29 is 24.2 Å². The Morgan fingerprint density at radius 3 is 2.39 bits per heavy atom. The van der Waals surface area contributed by atoms with Crippen LogP contribution in [0, 0.1) is 11.8 Å². The molecule has 10 heteroatoms. The smallest absolute Gasteiger partial charge is 0.307 e. The number of hydrogen-bond donors (Lipinski definition) is 4. The maximum absolute atomic E-state index is 12.1. The van der Waals surface area contributed by atoms with E-state index < -0.39 is 17.9 Å². The maximum Gasteiger partial charge on any atom is 0.307 e. The fourth-order valence-electron chi connectivity index (χ4n) is 6.00. The lowest BCUT2D eigenvalue weighted by atomic mass is 10.1. The number of aliphatic carboxylic acids is 1. The fraction of sp³-hybridized carbons (Fsp3) is 0.366. The number of amides is 2. The number of fused-ring (bicyclic) bond motifs is 1. The molecule has 1 aliphatic carbocycles. The molecule has 1 aromatic heterocycles. The van der Waals surface area contributed by atoms with Gasteiger partial charge < -0.3 is 30.8 Å². The van der Waals surface area contributed by atoms with E-state index in [-0.39, 0.29) is 23.8 Å². The lowest BCUT2D eigenvalue weighted by Crippen LogP contribution is -2.46. The zero-order valence-electron chi connectivity index (χ0n) is 29.6. The highest BCUT2D eigenvalue weighted by Gasteiger charge is 2.40. The molecular weight excluding hydrogens is 644 g/mol. The van der Waals surface area contributed by atoms with Gasteiger partial charge >= 0.3 is 5.97 Å². The number of allylic oxidation sites excluding steroid dienone is 2. The van der Waals surface area contributed by atoms with Gasteiger partial charge in [0.15, 0.2) is 5.43 Å². The maximum atomic E-state index is 12.1. The number of aromatic nitrogens is 1. The molecule has 1 saturated heterocycles. The van der Waals surface area contributed by atoms with Gasteiger partial charge in [-0.05, 0) is 61.3 Å². The Bertz CT molecular complexity index is 1810. The molecule has 5 N–H and O–H groups in total. The number of nitrogens with two attached hydrogens (primary N) is 1. The quantitative estimate of drug-likeness (QED) is 0.0946. The number of unbranched alkanes of at least 4 members (excludes halogenated alkanes) is 3. The third-order valence-electron chi connectivity index (χ3n) is 8.99. The van der Waals surface area contributed by atoms with E-state index in [2.05, 4.69) is 29.4 Å². The van der Waals surface area contributed by atoms with Gasteiger partial charge in [-0.25, -0.2) is 0 Å². The van der Waals surface area contributed by atoms with Crippen molar-refractivity contribution in [3.05, 3.63) is 113 Å². The van der Waals surface area contributed by atoms with E-state index >= 15 is 0 Å². The van der Waals surface area contributed by atoms with Crippen molar-refractivity contribution in [2.45, 2.75) is 64.5 Å². The number of nitrogens with zero attached hydrogens (tertiary/aromatic N) is 1. The molecule has 2 unspecified atom stereocenters. The Morgan fingerprint density at radius 1 is 1.02 bits per heavy atom. The van der Waals surface area contributed by atoms with Crippen LogP contribution in [0.2, 0.25) is 0 Å². The van der Waals surface area contributed by atoms with Crippen LogP contribution in [0.15, 0.2) is 102 Å². The number of carbonyl (C=O) groups excluding carboxylic acids is 2. The van der Waals surface area contributed by atoms with Crippen molar-refractivity contribution in [1.82, 2.24) is 15.2 Å². The van der Waals surface area contributed by atoms with Gasteiger partial charge in [0.2, 0.25) is 11.8 Å². The van der Waals surface area contributed by atoms with Crippen LogP contribution in [0.5, 0.6) is 5.75 Å². The van der Waals surface area contributed by atoms with Gasteiger partial charge in [0.1, 0.15) is 11.8 Å². The second-order valence-corrected chi connectivity index (χ2v) is 12.8. The number of aromatic amines is 1. The standard InChI is InChI=1S/C16H13NO2.C14H19N3O2.C11H18O2/c1-19-12-7-8-13-15(9-12)17-14(10-16(13)18)11-5-3-2-4-6-11;15-14(19)12-7-4-8-17(12)13(18)10-16-9-11-5-2-1-3-6-11;1-2-3-4-5-6-7-9-8-10(9)11(12)13/h2-10H,1H3,(H,17,18);1-3,5-6,12,16H,4,7-10H2,(H2,15,19);6-7,9-10H,2-5,8H2,1H3,(H,12,13)/b;;7-6-/t;;9?,10-/m..0/s1. The number of primary amides is 1. The van der Waals surface area contributed by atoms with Gasteiger partial charge in [-0.2, -0.15) is 0 Å². The molecular formula is C41H50N4O6. The largest absolute Gasteiger partial charge is 0.497 e. The molecule has 10 nitrogen and oxygen atoms in total. The van der Waals surface area contributed by atoms with Crippen LogP contribution < -0.4 is 21.2 Å². The predicted octanol–water partition coefficient (Wildman–Crippen LogP) is 6.30. The van der Waals surface area contributed by atoms with Crippen molar-refractivity contribution in [1.29, 1.82) is 0 Å².